The molecule has 0 bridgehead atoms. The lowest BCUT2D eigenvalue weighted by Gasteiger charge is -1.98. The van der Waals surface area contributed by atoms with Gasteiger partial charge in [-0.25, -0.2) is 0 Å². The van der Waals surface area contributed by atoms with Gasteiger partial charge < -0.3 is 11.5 Å². The highest BCUT2D eigenvalue weighted by molar-refractivity contribution is 5.92. The van der Waals surface area contributed by atoms with Crippen LogP contribution in [0.1, 0.15) is 11.1 Å². The van der Waals surface area contributed by atoms with Gasteiger partial charge in [0.25, 0.3) is 5.91 Å². The molecule has 1 aromatic rings. The summed E-state index contributed by atoms with van der Waals surface area (Å²) < 4.78 is 0. The molecule has 74 valence electrons. The fourth-order valence-electron chi connectivity index (χ4n) is 1.18. The van der Waals surface area contributed by atoms with Gasteiger partial charge in [0.1, 0.15) is 0 Å². The van der Waals surface area contributed by atoms with E-state index in [2.05, 4.69) is 4.99 Å². The van der Waals surface area contributed by atoms with E-state index in [1.807, 2.05) is 31.2 Å². The van der Waals surface area contributed by atoms with Crippen molar-refractivity contribution < 1.29 is 4.79 Å². The molecule has 14 heavy (non-hydrogen) atoms. The zero-order valence-corrected chi connectivity index (χ0v) is 8.03. The van der Waals surface area contributed by atoms with Crippen molar-refractivity contribution in [3.8, 4) is 0 Å². The Balaban J connectivity index is 2.70. The molecule has 0 fully saturated rings. The van der Waals surface area contributed by atoms with Crippen LogP contribution in [-0.2, 0) is 11.2 Å². The van der Waals surface area contributed by atoms with Gasteiger partial charge in [-0.05, 0) is 12.5 Å². The van der Waals surface area contributed by atoms with Crippen LogP contribution in [0, 0.1) is 6.92 Å². The van der Waals surface area contributed by atoms with Crippen molar-refractivity contribution in [1.82, 2.24) is 0 Å². The number of guanidine groups is 1. The molecule has 1 amide bonds. The molecular formula is C10H13N3O. The topological polar surface area (TPSA) is 81.5 Å². The summed E-state index contributed by atoms with van der Waals surface area (Å²) in [5, 5.41) is 0. The molecule has 0 aromatic heterocycles. The minimum atomic E-state index is -0.324. The fraction of sp³-hybridized carbons (Fsp3) is 0.200. The highest BCUT2D eigenvalue weighted by atomic mass is 16.1. The first-order chi connectivity index (χ1) is 6.58. The maximum atomic E-state index is 11.2. The molecule has 4 heteroatoms. The molecule has 0 saturated carbocycles. The lowest BCUT2D eigenvalue weighted by atomic mass is 10.1. The van der Waals surface area contributed by atoms with Crippen LogP contribution in [0.3, 0.4) is 0 Å². The molecule has 0 heterocycles. The van der Waals surface area contributed by atoms with E-state index in [9.17, 15) is 4.79 Å². The number of rotatable bonds is 2. The van der Waals surface area contributed by atoms with Crippen molar-refractivity contribution in [3.63, 3.8) is 0 Å². The third kappa shape index (κ3) is 3.26. The molecule has 1 rings (SSSR count). The van der Waals surface area contributed by atoms with Gasteiger partial charge in [-0.15, -0.1) is 0 Å². The Morgan fingerprint density at radius 1 is 1.43 bits per heavy atom. The average Bonchev–Trinajstić information content (AvgIpc) is 2.01. The number of aryl methyl sites for hydroxylation is 1. The summed E-state index contributed by atoms with van der Waals surface area (Å²) in [5.41, 5.74) is 12.2. The van der Waals surface area contributed by atoms with Crippen LogP contribution in [0.5, 0.6) is 0 Å². The monoisotopic (exact) mass is 191 g/mol. The minimum Gasteiger partial charge on any atom is -0.370 e. The van der Waals surface area contributed by atoms with Gasteiger partial charge in [-0.3, -0.25) is 4.79 Å². The number of hydrogen-bond donors (Lipinski definition) is 2. The van der Waals surface area contributed by atoms with E-state index in [0.29, 0.717) is 0 Å². The second kappa shape index (κ2) is 4.41. The maximum absolute atomic E-state index is 11.2. The summed E-state index contributed by atoms with van der Waals surface area (Å²) in [6.45, 7) is 1.97. The Kier molecular flexibility index (Phi) is 3.23. The molecule has 1 aromatic carbocycles. The summed E-state index contributed by atoms with van der Waals surface area (Å²) in [6, 6.07) is 7.66. The first-order valence-corrected chi connectivity index (χ1v) is 4.26. The summed E-state index contributed by atoms with van der Waals surface area (Å²) in [4.78, 5) is 14.6. The number of amides is 1. The van der Waals surface area contributed by atoms with Crippen molar-refractivity contribution in [1.29, 1.82) is 0 Å². The molecule has 4 N–H and O–H groups in total. The lowest BCUT2D eigenvalue weighted by molar-refractivity contribution is -0.117. The van der Waals surface area contributed by atoms with Crippen LogP contribution >= 0.6 is 0 Å². The number of aliphatic imine (C=N–C) groups is 1. The SMILES string of the molecule is Cc1cccc(CC(=O)N=C(N)N)c1. The highest BCUT2D eigenvalue weighted by Crippen LogP contribution is 2.05. The van der Waals surface area contributed by atoms with Crippen molar-refractivity contribution >= 4 is 11.9 Å². The molecular weight excluding hydrogens is 178 g/mol. The smallest absolute Gasteiger partial charge is 0.253 e. The van der Waals surface area contributed by atoms with Gasteiger partial charge in [-0.1, -0.05) is 29.8 Å². The molecule has 0 saturated heterocycles. The molecule has 0 aliphatic heterocycles. The predicted octanol–water partition coefficient (Wildman–Crippen LogP) is 0.338. The van der Waals surface area contributed by atoms with E-state index in [1.54, 1.807) is 0 Å². The van der Waals surface area contributed by atoms with Gasteiger partial charge in [0.05, 0.1) is 6.42 Å². The number of nitrogens with two attached hydrogens (primary N) is 2. The van der Waals surface area contributed by atoms with Gasteiger partial charge in [-0.2, -0.15) is 4.99 Å². The third-order valence-corrected chi connectivity index (χ3v) is 1.69. The number of benzene rings is 1. The Morgan fingerprint density at radius 3 is 2.71 bits per heavy atom. The third-order valence-electron chi connectivity index (χ3n) is 1.69. The minimum absolute atomic E-state index is 0.192. The summed E-state index contributed by atoms with van der Waals surface area (Å²) >= 11 is 0. The number of hydrogen-bond acceptors (Lipinski definition) is 1. The lowest BCUT2D eigenvalue weighted by Crippen LogP contribution is -2.24. The molecule has 0 aliphatic rings. The van der Waals surface area contributed by atoms with E-state index in [0.717, 1.165) is 11.1 Å². The van der Waals surface area contributed by atoms with Crippen LogP contribution in [0.2, 0.25) is 0 Å². The standard InChI is InChI=1S/C10H13N3O/c1-7-3-2-4-8(5-7)6-9(14)13-10(11)12/h2-5H,6H2,1H3,(H4,11,12,13,14). The van der Waals surface area contributed by atoms with Gasteiger partial charge in [0.2, 0.25) is 0 Å². The van der Waals surface area contributed by atoms with E-state index in [-0.39, 0.29) is 18.3 Å². The molecule has 4 nitrogen and oxygen atoms in total. The maximum Gasteiger partial charge on any atom is 0.253 e. The van der Waals surface area contributed by atoms with Crippen LogP contribution in [0.15, 0.2) is 29.3 Å². The molecule has 0 unspecified atom stereocenters. The quantitative estimate of drug-likeness (QED) is 0.522. The Hall–Kier alpha value is -1.84. The number of nitrogens with zero attached hydrogens (tertiary/aromatic N) is 1. The van der Waals surface area contributed by atoms with E-state index < -0.39 is 0 Å². The molecule has 0 radical (unpaired) electrons. The summed E-state index contributed by atoms with van der Waals surface area (Å²) in [7, 11) is 0. The van der Waals surface area contributed by atoms with Crippen LogP contribution in [0.25, 0.3) is 0 Å². The largest absolute Gasteiger partial charge is 0.370 e. The average molecular weight is 191 g/mol. The van der Waals surface area contributed by atoms with Crippen molar-refractivity contribution in [2.75, 3.05) is 0 Å². The van der Waals surface area contributed by atoms with Gasteiger partial charge in [0, 0.05) is 0 Å². The van der Waals surface area contributed by atoms with Crippen molar-refractivity contribution in [3.05, 3.63) is 35.4 Å². The van der Waals surface area contributed by atoms with Crippen LogP contribution in [0.4, 0.5) is 0 Å². The Bertz CT molecular complexity index is 367. The number of carbonyl (C=O) groups is 1. The number of carbonyl (C=O) groups excluding carboxylic acids is 1. The van der Waals surface area contributed by atoms with Crippen molar-refractivity contribution in [2.45, 2.75) is 13.3 Å². The van der Waals surface area contributed by atoms with E-state index in [4.69, 9.17) is 11.5 Å². The molecule has 0 spiro atoms. The zero-order chi connectivity index (χ0) is 10.6. The van der Waals surface area contributed by atoms with E-state index >= 15 is 0 Å². The highest BCUT2D eigenvalue weighted by Gasteiger charge is 2.01. The molecule has 0 aliphatic carbocycles. The Morgan fingerprint density at radius 2 is 2.14 bits per heavy atom. The van der Waals surface area contributed by atoms with E-state index in [1.165, 1.54) is 0 Å². The first kappa shape index (κ1) is 10.2. The van der Waals surface area contributed by atoms with Crippen molar-refractivity contribution in [2.24, 2.45) is 16.5 Å². The summed E-state index contributed by atoms with van der Waals surface area (Å²) in [6.07, 6.45) is 0.236. The second-order valence-corrected chi connectivity index (χ2v) is 3.10. The van der Waals surface area contributed by atoms with Crippen LogP contribution < -0.4 is 11.5 Å². The Labute approximate surface area is 82.6 Å². The first-order valence-electron chi connectivity index (χ1n) is 4.26. The second-order valence-electron chi connectivity index (χ2n) is 3.10. The van der Waals surface area contributed by atoms with Gasteiger partial charge >= 0.3 is 0 Å². The van der Waals surface area contributed by atoms with Gasteiger partial charge in [0.15, 0.2) is 5.96 Å². The predicted molar refractivity (Wildman–Crippen MR) is 55.7 cm³/mol. The zero-order valence-electron chi connectivity index (χ0n) is 8.03. The molecule has 0 atom stereocenters. The normalized spacial score (nSPS) is 9.50. The van der Waals surface area contributed by atoms with Crippen LogP contribution in [-0.4, -0.2) is 11.9 Å². The summed E-state index contributed by atoms with van der Waals surface area (Å²) in [5.74, 6) is -0.516. The fourth-order valence-corrected chi connectivity index (χ4v) is 1.18.